The minimum Gasteiger partial charge on any atom is -0.364 e. The molecule has 7 nitrogen and oxygen atoms in total. The summed E-state index contributed by atoms with van der Waals surface area (Å²) in [6.45, 7) is 1.67. The van der Waals surface area contributed by atoms with Crippen LogP contribution in [0.5, 0.6) is 0 Å². The number of rotatable bonds is 4. The summed E-state index contributed by atoms with van der Waals surface area (Å²) in [6, 6.07) is 4.67. The van der Waals surface area contributed by atoms with Crippen molar-refractivity contribution >= 4 is 11.5 Å². The number of pyridine rings is 2. The van der Waals surface area contributed by atoms with Crippen molar-refractivity contribution in [1.29, 1.82) is 0 Å². The number of nitrogens with one attached hydrogen (secondary N) is 3. The van der Waals surface area contributed by atoms with Gasteiger partial charge < -0.3 is 15.6 Å². The Kier molecular flexibility index (Phi) is 4.44. The minimum atomic E-state index is -0.728. The highest BCUT2D eigenvalue weighted by atomic mass is 19.1. The van der Waals surface area contributed by atoms with E-state index in [4.69, 9.17) is 0 Å². The number of anilines is 1. The summed E-state index contributed by atoms with van der Waals surface area (Å²) in [5.74, 6) is -1.37. The molecule has 1 atom stereocenters. The summed E-state index contributed by atoms with van der Waals surface area (Å²) in [5.41, 5.74) is 2.91. The number of hydrogen-bond acceptors (Lipinski definition) is 5. The fourth-order valence-electron chi connectivity index (χ4n) is 3.65. The second-order valence-corrected chi connectivity index (χ2v) is 7.09. The predicted octanol–water partition coefficient (Wildman–Crippen LogP) is 3.23. The van der Waals surface area contributed by atoms with Crippen LogP contribution < -0.4 is 10.6 Å². The Morgan fingerprint density at radius 3 is 2.90 bits per heavy atom. The van der Waals surface area contributed by atoms with Crippen LogP contribution in [0.15, 0.2) is 43.1 Å². The number of nitrogens with zero attached hydrogens (tertiary/aromatic N) is 4. The normalized spacial score (nSPS) is 17.0. The van der Waals surface area contributed by atoms with E-state index in [0.717, 1.165) is 43.3 Å². The number of halogens is 2. The molecule has 9 heteroatoms. The third-order valence-electron chi connectivity index (χ3n) is 5.13. The molecule has 1 aliphatic heterocycles. The summed E-state index contributed by atoms with van der Waals surface area (Å²) < 4.78 is 30.7. The molecule has 3 N–H and O–H groups in total. The molecule has 0 saturated carbocycles. The molecule has 1 unspecified atom stereocenters. The van der Waals surface area contributed by atoms with Crippen LogP contribution in [0, 0.1) is 11.6 Å². The van der Waals surface area contributed by atoms with Gasteiger partial charge in [0.2, 0.25) is 0 Å². The summed E-state index contributed by atoms with van der Waals surface area (Å²) in [5, 5.41) is 6.36. The van der Waals surface area contributed by atoms with Crippen LogP contribution in [0.2, 0.25) is 0 Å². The summed E-state index contributed by atoms with van der Waals surface area (Å²) in [4.78, 5) is 15.7. The van der Waals surface area contributed by atoms with Crippen molar-refractivity contribution in [1.82, 2.24) is 29.7 Å². The van der Waals surface area contributed by atoms with Gasteiger partial charge in [-0.1, -0.05) is 0 Å². The second kappa shape index (κ2) is 7.25. The maximum atomic E-state index is 14.6. The highest BCUT2D eigenvalue weighted by Gasteiger charge is 2.20. The van der Waals surface area contributed by atoms with Crippen LogP contribution in [0.3, 0.4) is 0 Å². The van der Waals surface area contributed by atoms with Crippen LogP contribution >= 0.6 is 0 Å². The number of fused-ring (bicyclic) bond motifs is 1. The molecule has 0 spiro atoms. The van der Waals surface area contributed by atoms with E-state index in [0.29, 0.717) is 11.3 Å². The maximum absolute atomic E-state index is 14.6. The number of piperidine rings is 1. The zero-order valence-corrected chi connectivity index (χ0v) is 15.5. The predicted molar refractivity (Wildman–Crippen MR) is 105 cm³/mol. The zero-order valence-electron chi connectivity index (χ0n) is 15.5. The van der Waals surface area contributed by atoms with Gasteiger partial charge in [0.15, 0.2) is 17.5 Å². The number of H-pyrrole nitrogens is 1. The highest BCUT2D eigenvalue weighted by molar-refractivity contribution is 5.68. The lowest BCUT2D eigenvalue weighted by molar-refractivity contribution is 0.475. The van der Waals surface area contributed by atoms with Crippen LogP contribution in [0.1, 0.15) is 12.8 Å². The fraction of sp³-hybridized carbons (Fsp3) is 0.250. The molecule has 5 rings (SSSR count). The molecule has 1 saturated heterocycles. The van der Waals surface area contributed by atoms with Gasteiger partial charge >= 0.3 is 0 Å². The van der Waals surface area contributed by atoms with E-state index in [1.54, 1.807) is 29.3 Å². The Labute approximate surface area is 165 Å². The molecule has 4 aromatic heterocycles. The molecule has 0 radical (unpaired) electrons. The second-order valence-electron chi connectivity index (χ2n) is 7.09. The van der Waals surface area contributed by atoms with Crippen molar-refractivity contribution in [2.45, 2.75) is 18.9 Å². The molecule has 0 bridgehead atoms. The first kappa shape index (κ1) is 17.7. The van der Waals surface area contributed by atoms with Crippen molar-refractivity contribution in [3.63, 3.8) is 0 Å². The maximum Gasteiger partial charge on any atom is 0.168 e. The smallest absolute Gasteiger partial charge is 0.168 e. The van der Waals surface area contributed by atoms with Gasteiger partial charge in [-0.15, -0.1) is 0 Å². The molecule has 5 heterocycles. The molecule has 0 aliphatic carbocycles. The third kappa shape index (κ3) is 3.33. The van der Waals surface area contributed by atoms with Gasteiger partial charge in [-0.25, -0.2) is 23.7 Å². The lowest BCUT2D eigenvalue weighted by Gasteiger charge is -2.24. The van der Waals surface area contributed by atoms with Gasteiger partial charge in [0.25, 0.3) is 0 Å². The van der Waals surface area contributed by atoms with Gasteiger partial charge in [0.05, 0.1) is 30.1 Å². The van der Waals surface area contributed by atoms with E-state index in [-0.39, 0.29) is 17.6 Å². The van der Waals surface area contributed by atoms with Gasteiger partial charge in [-0.3, -0.25) is 4.40 Å². The standard InChI is InChI=1S/C20H19F2N7/c21-14-7-15(22)20(27-13-2-1-4-23-8-13)28-19(14)17-10-25-18-6-12(3-5-29(17)18)16-9-24-11-26-16/h3,5-7,9-11,13,23H,1-2,4,8H2,(H,24,26)(H,27,28). The lowest BCUT2D eigenvalue weighted by atomic mass is 10.1. The monoisotopic (exact) mass is 395 g/mol. The molecule has 0 amide bonds. The first-order chi connectivity index (χ1) is 14.2. The van der Waals surface area contributed by atoms with Gasteiger partial charge in [0.1, 0.15) is 11.3 Å². The largest absolute Gasteiger partial charge is 0.364 e. The quantitative estimate of drug-likeness (QED) is 0.494. The van der Waals surface area contributed by atoms with Crippen molar-refractivity contribution in [3.8, 4) is 22.6 Å². The Morgan fingerprint density at radius 2 is 2.10 bits per heavy atom. The highest BCUT2D eigenvalue weighted by Crippen LogP contribution is 2.27. The summed E-state index contributed by atoms with van der Waals surface area (Å²) in [6.07, 6.45) is 8.56. The SMILES string of the molecule is Fc1cc(F)c(-c2cnc3cc(-c4cnc[nH]4)ccn23)nc1NC1CCCNC1. The number of aromatic nitrogens is 5. The molecule has 4 aromatic rings. The van der Waals surface area contributed by atoms with Crippen LogP contribution in [0.4, 0.5) is 14.6 Å². The molecule has 1 aliphatic rings. The number of imidazole rings is 2. The van der Waals surface area contributed by atoms with E-state index in [2.05, 4.69) is 30.6 Å². The molecule has 148 valence electrons. The first-order valence-corrected chi connectivity index (χ1v) is 9.48. The van der Waals surface area contributed by atoms with Gasteiger partial charge in [-0.05, 0) is 31.5 Å². The van der Waals surface area contributed by atoms with Gasteiger partial charge in [-0.2, -0.15) is 0 Å². The summed E-state index contributed by atoms with van der Waals surface area (Å²) in [7, 11) is 0. The average Bonchev–Trinajstić information content (AvgIpc) is 3.40. The van der Waals surface area contributed by atoms with E-state index in [1.807, 2.05) is 12.1 Å². The third-order valence-corrected chi connectivity index (χ3v) is 5.13. The van der Waals surface area contributed by atoms with E-state index < -0.39 is 11.6 Å². The molecule has 0 aromatic carbocycles. The topological polar surface area (TPSA) is 82.9 Å². The number of hydrogen-bond donors (Lipinski definition) is 3. The van der Waals surface area contributed by atoms with E-state index in [1.165, 1.54) is 0 Å². The minimum absolute atomic E-state index is 0.0548. The number of aromatic amines is 1. The molecule has 1 fully saturated rings. The Hall–Kier alpha value is -3.33. The Balaban J connectivity index is 1.52. The zero-order chi connectivity index (χ0) is 19.8. The van der Waals surface area contributed by atoms with Crippen molar-refractivity contribution in [3.05, 3.63) is 54.8 Å². The lowest BCUT2D eigenvalue weighted by Crippen LogP contribution is -2.38. The van der Waals surface area contributed by atoms with Gasteiger partial charge in [0, 0.05) is 30.4 Å². The van der Waals surface area contributed by atoms with Crippen LogP contribution in [-0.4, -0.2) is 43.5 Å². The van der Waals surface area contributed by atoms with Crippen LogP contribution in [-0.2, 0) is 0 Å². The van der Waals surface area contributed by atoms with Crippen LogP contribution in [0.25, 0.3) is 28.3 Å². The Bertz CT molecular complexity index is 1150. The molecular formula is C20H19F2N7. The molecular weight excluding hydrogens is 376 g/mol. The first-order valence-electron chi connectivity index (χ1n) is 9.48. The van der Waals surface area contributed by atoms with Crippen molar-refractivity contribution in [2.24, 2.45) is 0 Å². The molecule has 29 heavy (non-hydrogen) atoms. The van der Waals surface area contributed by atoms with E-state index >= 15 is 0 Å². The fourth-order valence-corrected chi connectivity index (χ4v) is 3.65. The van der Waals surface area contributed by atoms with E-state index in [9.17, 15) is 8.78 Å². The average molecular weight is 395 g/mol. The van der Waals surface area contributed by atoms with Crippen molar-refractivity contribution in [2.75, 3.05) is 18.4 Å². The van der Waals surface area contributed by atoms with Crippen molar-refractivity contribution < 1.29 is 8.78 Å². The Morgan fingerprint density at radius 1 is 1.17 bits per heavy atom. The summed E-state index contributed by atoms with van der Waals surface area (Å²) >= 11 is 0.